The van der Waals surface area contributed by atoms with Gasteiger partial charge in [-0.25, -0.2) is 12.8 Å². The molecule has 0 radical (unpaired) electrons. The minimum Gasteiger partial charge on any atom is -0.357 e. The fraction of sp³-hybridized carbons (Fsp3) is 0.212. The molecule has 0 bridgehead atoms. The quantitative estimate of drug-likeness (QED) is 0.267. The number of hydrogen-bond acceptors (Lipinski definition) is 4. The number of nitrogens with one attached hydrogen (secondary N) is 1. The summed E-state index contributed by atoms with van der Waals surface area (Å²) in [5.74, 6) is -1.64. The van der Waals surface area contributed by atoms with Gasteiger partial charge in [0.1, 0.15) is 18.4 Å². The topological polar surface area (TPSA) is 86.8 Å². The van der Waals surface area contributed by atoms with Crippen LogP contribution in [0.25, 0.3) is 0 Å². The fourth-order valence-corrected chi connectivity index (χ4v) is 6.02. The predicted molar refractivity (Wildman–Crippen MR) is 162 cm³/mol. The summed E-state index contributed by atoms with van der Waals surface area (Å²) in [5, 5.41) is 2.62. The first kappa shape index (κ1) is 30.5. The largest absolute Gasteiger partial charge is 0.357 e. The SMILES string of the molecule is CNC(=O)[C@@H](Cc1ccccc1)N(Cc1ccccc1F)C(=O)CN(c1ccc(C)cc1)S(=O)(=O)c1ccc(C)cc1. The molecule has 0 saturated carbocycles. The van der Waals surface area contributed by atoms with Crippen molar-refractivity contribution in [3.8, 4) is 0 Å². The van der Waals surface area contributed by atoms with E-state index in [4.69, 9.17) is 0 Å². The van der Waals surface area contributed by atoms with Crippen molar-refractivity contribution in [2.45, 2.75) is 37.8 Å². The second-order valence-corrected chi connectivity index (χ2v) is 12.0. The molecule has 7 nitrogen and oxygen atoms in total. The molecule has 0 heterocycles. The molecule has 218 valence electrons. The van der Waals surface area contributed by atoms with E-state index in [9.17, 15) is 22.4 Å². The lowest BCUT2D eigenvalue weighted by Crippen LogP contribution is -2.53. The number of carbonyl (C=O) groups is 2. The Labute approximate surface area is 246 Å². The highest BCUT2D eigenvalue weighted by Gasteiger charge is 2.34. The third-order valence-electron chi connectivity index (χ3n) is 7.03. The van der Waals surface area contributed by atoms with Crippen LogP contribution < -0.4 is 9.62 Å². The van der Waals surface area contributed by atoms with Gasteiger partial charge in [-0.1, -0.05) is 83.9 Å². The number of sulfonamides is 1. The summed E-state index contributed by atoms with van der Waals surface area (Å²) in [6, 6.07) is 27.3. The van der Waals surface area contributed by atoms with E-state index in [1.807, 2.05) is 44.2 Å². The lowest BCUT2D eigenvalue weighted by atomic mass is 10.0. The molecule has 2 amide bonds. The molecule has 9 heteroatoms. The molecule has 42 heavy (non-hydrogen) atoms. The zero-order valence-electron chi connectivity index (χ0n) is 23.8. The first-order valence-electron chi connectivity index (χ1n) is 13.5. The Morgan fingerprint density at radius 3 is 1.98 bits per heavy atom. The normalized spacial score (nSPS) is 11.9. The van der Waals surface area contributed by atoms with Crippen molar-refractivity contribution in [3.05, 3.63) is 131 Å². The smallest absolute Gasteiger partial charge is 0.264 e. The minimum absolute atomic E-state index is 0.0225. The number of amides is 2. The summed E-state index contributed by atoms with van der Waals surface area (Å²) < 4.78 is 43.8. The standard InChI is InChI=1S/C33H34FN3O4S/c1-24-13-17-28(18-14-24)37(42(40,41)29-19-15-25(2)16-20-29)23-32(38)36(22-27-11-7-8-12-30(27)34)31(33(39)35-3)21-26-9-5-4-6-10-26/h4-20,31H,21-23H2,1-3H3,(H,35,39)/t31-/m1/s1. The van der Waals surface area contributed by atoms with Gasteiger partial charge in [0, 0.05) is 25.6 Å². The Hall–Kier alpha value is -4.50. The third-order valence-corrected chi connectivity index (χ3v) is 8.81. The van der Waals surface area contributed by atoms with Gasteiger partial charge in [0.2, 0.25) is 11.8 Å². The molecule has 0 spiro atoms. The molecule has 0 unspecified atom stereocenters. The van der Waals surface area contributed by atoms with Gasteiger partial charge in [0.25, 0.3) is 10.0 Å². The molecule has 1 N–H and O–H groups in total. The Balaban J connectivity index is 1.79. The molecule has 4 aromatic rings. The highest BCUT2D eigenvalue weighted by atomic mass is 32.2. The molecular formula is C33H34FN3O4S. The Kier molecular flexibility index (Phi) is 9.75. The fourth-order valence-electron chi connectivity index (χ4n) is 4.61. The molecule has 1 atom stereocenters. The predicted octanol–water partition coefficient (Wildman–Crippen LogP) is 5.02. The van der Waals surface area contributed by atoms with Crippen LogP contribution in [-0.4, -0.2) is 44.8 Å². The summed E-state index contributed by atoms with van der Waals surface area (Å²) in [4.78, 5) is 28.7. The van der Waals surface area contributed by atoms with Crippen molar-refractivity contribution >= 4 is 27.5 Å². The highest BCUT2D eigenvalue weighted by molar-refractivity contribution is 7.92. The van der Waals surface area contributed by atoms with E-state index in [0.29, 0.717) is 5.69 Å². The lowest BCUT2D eigenvalue weighted by Gasteiger charge is -2.33. The third kappa shape index (κ3) is 7.22. The summed E-state index contributed by atoms with van der Waals surface area (Å²) in [5.41, 5.74) is 3.09. The molecule has 0 aromatic heterocycles. The molecule has 0 aliphatic heterocycles. The second-order valence-electron chi connectivity index (χ2n) is 10.1. The van der Waals surface area contributed by atoms with Gasteiger partial charge in [-0.15, -0.1) is 0 Å². The lowest BCUT2D eigenvalue weighted by molar-refractivity contribution is -0.139. The number of benzene rings is 4. The molecule has 4 aromatic carbocycles. The number of carbonyl (C=O) groups excluding carboxylic acids is 2. The minimum atomic E-state index is -4.19. The van der Waals surface area contributed by atoms with Crippen LogP contribution in [0.2, 0.25) is 0 Å². The van der Waals surface area contributed by atoms with Crippen LogP contribution in [0.4, 0.5) is 10.1 Å². The maximum Gasteiger partial charge on any atom is 0.264 e. The van der Waals surface area contributed by atoms with E-state index in [2.05, 4.69) is 5.32 Å². The van der Waals surface area contributed by atoms with E-state index < -0.39 is 40.2 Å². The van der Waals surface area contributed by atoms with Gasteiger partial charge in [0.05, 0.1) is 10.6 Å². The van der Waals surface area contributed by atoms with Crippen molar-refractivity contribution in [1.29, 1.82) is 0 Å². The summed E-state index contributed by atoms with van der Waals surface area (Å²) in [6.45, 7) is 2.89. The van der Waals surface area contributed by atoms with Crippen molar-refractivity contribution < 1.29 is 22.4 Å². The van der Waals surface area contributed by atoms with Gasteiger partial charge in [-0.2, -0.15) is 0 Å². The molecule has 4 rings (SSSR count). The van der Waals surface area contributed by atoms with Gasteiger partial charge in [-0.05, 0) is 49.7 Å². The van der Waals surface area contributed by atoms with Crippen LogP contribution in [0.1, 0.15) is 22.3 Å². The summed E-state index contributed by atoms with van der Waals surface area (Å²) in [6.07, 6.45) is 0.149. The van der Waals surface area contributed by atoms with Crippen molar-refractivity contribution in [3.63, 3.8) is 0 Å². The Morgan fingerprint density at radius 2 is 1.38 bits per heavy atom. The van der Waals surface area contributed by atoms with E-state index in [0.717, 1.165) is 21.0 Å². The van der Waals surface area contributed by atoms with E-state index >= 15 is 0 Å². The first-order valence-corrected chi connectivity index (χ1v) is 15.0. The average molecular weight is 588 g/mol. The Morgan fingerprint density at radius 1 is 0.810 bits per heavy atom. The monoisotopic (exact) mass is 587 g/mol. The molecule has 0 aliphatic carbocycles. The second kappa shape index (κ2) is 13.4. The van der Waals surface area contributed by atoms with Crippen LogP contribution >= 0.6 is 0 Å². The number of nitrogens with zero attached hydrogens (tertiary/aromatic N) is 2. The molecule has 0 fully saturated rings. The molecular weight excluding hydrogens is 553 g/mol. The van der Waals surface area contributed by atoms with E-state index in [1.165, 1.54) is 30.1 Å². The van der Waals surface area contributed by atoms with Crippen LogP contribution in [0.5, 0.6) is 0 Å². The number of likely N-dealkylation sites (N-methyl/N-ethyl adjacent to an activating group) is 1. The van der Waals surface area contributed by atoms with Crippen LogP contribution in [0.15, 0.2) is 108 Å². The zero-order valence-corrected chi connectivity index (χ0v) is 24.6. The van der Waals surface area contributed by atoms with Gasteiger partial charge in [0.15, 0.2) is 0 Å². The van der Waals surface area contributed by atoms with Crippen LogP contribution in [-0.2, 0) is 32.6 Å². The average Bonchev–Trinajstić information content (AvgIpc) is 2.99. The number of anilines is 1. The van der Waals surface area contributed by atoms with Crippen molar-refractivity contribution in [2.24, 2.45) is 0 Å². The van der Waals surface area contributed by atoms with Crippen LogP contribution in [0, 0.1) is 19.7 Å². The van der Waals surface area contributed by atoms with Crippen molar-refractivity contribution in [2.75, 3.05) is 17.9 Å². The van der Waals surface area contributed by atoms with E-state index in [1.54, 1.807) is 54.6 Å². The molecule has 0 aliphatic rings. The maximum absolute atomic E-state index is 14.9. The maximum atomic E-state index is 14.9. The Bertz CT molecular complexity index is 1630. The van der Waals surface area contributed by atoms with Gasteiger partial charge < -0.3 is 10.2 Å². The zero-order chi connectivity index (χ0) is 30.3. The number of halogens is 1. The van der Waals surface area contributed by atoms with Crippen LogP contribution in [0.3, 0.4) is 0 Å². The number of hydrogen-bond donors (Lipinski definition) is 1. The van der Waals surface area contributed by atoms with E-state index in [-0.39, 0.29) is 23.4 Å². The highest BCUT2D eigenvalue weighted by Crippen LogP contribution is 2.26. The first-order chi connectivity index (χ1) is 20.1. The number of rotatable bonds is 11. The molecule has 0 saturated heterocycles. The number of aryl methyl sites for hydroxylation is 2. The summed E-state index contributed by atoms with van der Waals surface area (Å²) in [7, 11) is -2.73. The van der Waals surface area contributed by atoms with Gasteiger partial charge in [-0.3, -0.25) is 13.9 Å². The summed E-state index contributed by atoms with van der Waals surface area (Å²) >= 11 is 0. The van der Waals surface area contributed by atoms with Crippen molar-refractivity contribution in [1.82, 2.24) is 10.2 Å². The van der Waals surface area contributed by atoms with Gasteiger partial charge >= 0.3 is 0 Å².